The van der Waals surface area contributed by atoms with E-state index in [0.717, 1.165) is 96.3 Å². The van der Waals surface area contributed by atoms with Gasteiger partial charge in [0.2, 0.25) is 0 Å². The number of hydrogen-bond acceptors (Lipinski definition) is 5. The normalized spacial score (nSPS) is 13.1. The molecule has 5 heteroatoms. The van der Waals surface area contributed by atoms with Gasteiger partial charge in [0.05, 0.1) is 6.61 Å². The van der Waals surface area contributed by atoms with Crippen LogP contribution in [0.1, 0.15) is 232 Å². The van der Waals surface area contributed by atoms with Crippen LogP contribution in [0.4, 0.5) is 0 Å². The molecule has 64 heavy (non-hydrogen) atoms. The summed E-state index contributed by atoms with van der Waals surface area (Å²) in [6.45, 7) is 4.00. The van der Waals surface area contributed by atoms with Crippen LogP contribution in [0.2, 0.25) is 0 Å². The van der Waals surface area contributed by atoms with Crippen molar-refractivity contribution in [2.45, 2.75) is 238 Å². The number of aliphatic hydroxyl groups is 1. The van der Waals surface area contributed by atoms with Crippen molar-refractivity contribution in [1.82, 2.24) is 0 Å². The molecule has 0 saturated carbocycles. The minimum absolute atomic E-state index is 0.0802. The van der Waals surface area contributed by atoms with Crippen LogP contribution in [0.3, 0.4) is 0 Å². The monoisotopic (exact) mass is 887 g/mol. The molecule has 0 spiro atoms. The third kappa shape index (κ3) is 51.2. The number of carbonyl (C=O) groups excluding carboxylic acids is 2. The quantitative estimate of drug-likeness (QED) is 0.0374. The molecule has 0 saturated heterocycles. The first kappa shape index (κ1) is 60.6. The van der Waals surface area contributed by atoms with Gasteiger partial charge in [-0.2, -0.15) is 0 Å². The summed E-state index contributed by atoms with van der Waals surface area (Å²) in [5.41, 5.74) is 0. The second kappa shape index (κ2) is 53.9. The highest BCUT2D eigenvalue weighted by Crippen LogP contribution is 2.14. The standard InChI is InChI=1S/C59H98O5/c1-3-5-7-9-11-13-15-17-19-21-23-25-26-27-28-29-30-31-32-34-36-38-40-42-44-46-48-50-52-54-59(62)64-57(55-60)56-63-58(61)53-51-49-47-45-43-41-39-37-35-33-24-22-20-18-16-14-12-10-8-6-4-2/h5,7,11,13,16-19,22-25,27-28,30-31,35,37,57,60H,3-4,6,8-10,12,14-15,20-21,26,29,32-34,36,38-56H2,1-2H3/b7-5-,13-11-,18-16-,19-17-,24-22-,25-23-,28-27-,31-30-,37-35-. The predicted octanol–water partition coefficient (Wildman–Crippen LogP) is 17.7. The lowest BCUT2D eigenvalue weighted by atomic mass is 10.0. The average Bonchev–Trinajstić information content (AvgIpc) is 3.30. The smallest absolute Gasteiger partial charge is 0.306 e. The molecule has 0 heterocycles. The molecular weight excluding hydrogens is 789 g/mol. The summed E-state index contributed by atoms with van der Waals surface area (Å²) in [7, 11) is 0. The summed E-state index contributed by atoms with van der Waals surface area (Å²) < 4.78 is 10.7. The fraction of sp³-hybridized carbons (Fsp3) is 0.661. The molecule has 364 valence electrons. The lowest BCUT2D eigenvalue weighted by Crippen LogP contribution is -2.28. The van der Waals surface area contributed by atoms with Crippen LogP contribution in [-0.4, -0.2) is 36.4 Å². The van der Waals surface area contributed by atoms with Crippen LogP contribution in [0.25, 0.3) is 0 Å². The van der Waals surface area contributed by atoms with Gasteiger partial charge >= 0.3 is 11.9 Å². The van der Waals surface area contributed by atoms with E-state index in [-0.39, 0.29) is 25.2 Å². The Morgan fingerprint density at radius 3 is 1.02 bits per heavy atom. The maximum atomic E-state index is 12.3. The van der Waals surface area contributed by atoms with E-state index in [0.29, 0.717) is 12.8 Å². The molecule has 5 nitrogen and oxygen atoms in total. The Kier molecular flexibility index (Phi) is 51.0. The third-order valence-electron chi connectivity index (χ3n) is 11.1. The Bertz CT molecular complexity index is 1280. The van der Waals surface area contributed by atoms with Crippen molar-refractivity contribution in [2.24, 2.45) is 0 Å². The van der Waals surface area contributed by atoms with E-state index >= 15 is 0 Å². The topological polar surface area (TPSA) is 72.8 Å². The summed E-state index contributed by atoms with van der Waals surface area (Å²) in [6.07, 6.45) is 77.5. The number of ether oxygens (including phenoxy) is 2. The Morgan fingerprint density at radius 1 is 0.375 bits per heavy atom. The molecule has 0 aromatic heterocycles. The van der Waals surface area contributed by atoms with E-state index in [1.54, 1.807) is 0 Å². The Labute approximate surface area is 395 Å². The predicted molar refractivity (Wildman–Crippen MR) is 279 cm³/mol. The van der Waals surface area contributed by atoms with E-state index in [1.807, 2.05) is 0 Å². The van der Waals surface area contributed by atoms with Crippen molar-refractivity contribution in [3.63, 3.8) is 0 Å². The summed E-state index contributed by atoms with van der Waals surface area (Å²) >= 11 is 0. The van der Waals surface area contributed by atoms with Crippen molar-refractivity contribution in [3.8, 4) is 0 Å². The number of rotatable bonds is 47. The number of hydrogen-bond donors (Lipinski definition) is 1. The van der Waals surface area contributed by atoms with Crippen LogP contribution in [0.5, 0.6) is 0 Å². The van der Waals surface area contributed by atoms with Gasteiger partial charge in [0.15, 0.2) is 6.10 Å². The molecule has 0 fully saturated rings. The van der Waals surface area contributed by atoms with E-state index in [1.165, 1.54) is 109 Å². The highest BCUT2D eigenvalue weighted by atomic mass is 16.6. The van der Waals surface area contributed by atoms with Gasteiger partial charge in [0.1, 0.15) is 6.61 Å². The van der Waals surface area contributed by atoms with E-state index in [2.05, 4.69) is 123 Å². The van der Waals surface area contributed by atoms with Crippen molar-refractivity contribution >= 4 is 11.9 Å². The first-order valence-electron chi connectivity index (χ1n) is 26.4. The molecular formula is C59H98O5. The number of esters is 2. The minimum Gasteiger partial charge on any atom is -0.462 e. The third-order valence-corrected chi connectivity index (χ3v) is 11.1. The van der Waals surface area contributed by atoms with E-state index in [9.17, 15) is 14.7 Å². The maximum Gasteiger partial charge on any atom is 0.306 e. The number of carbonyl (C=O) groups is 2. The summed E-state index contributed by atoms with van der Waals surface area (Å²) in [5.74, 6) is -0.614. The fourth-order valence-electron chi connectivity index (χ4n) is 7.09. The molecule has 1 unspecified atom stereocenters. The van der Waals surface area contributed by atoms with Crippen molar-refractivity contribution in [3.05, 3.63) is 109 Å². The minimum atomic E-state index is -0.788. The van der Waals surface area contributed by atoms with Gasteiger partial charge in [-0.25, -0.2) is 0 Å². The Hall–Kier alpha value is -3.44. The lowest BCUT2D eigenvalue weighted by Gasteiger charge is -2.15. The van der Waals surface area contributed by atoms with Gasteiger partial charge in [0.25, 0.3) is 0 Å². The molecule has 0 aliphatic heterocycles. The molecule has 0 rings (SSSR count). The van der Waals surface area contributed by atoms with Crippen LogP contribution < -0.4 is 0 Å². The summed E-state index contributed by atoms with van der Waals surface area (Å²) in [5, 5.41) is 9.64. The molecule has 0 amide bonds. The molecule has 0 bridgehead atoms. The zero-order valence-corrected chi connectivity index (χ0v) is 41.5. The first-order chi connectivity index (χ1) is 31.6. The molecule has 0 aliphatic rings. The van der Waals surface area contributed by atoms with E-state index in [4.69, 9.17) is 9.47 Å². The SMILES string of the molecule is CC/C=C\C/C=C\C/C=C\C/C=C\C/C=C\C/C=C\CCCCCCCCCCCCC(=O)OC(CO)COC(=O)CCCCCCCC/C=C\C/C=C\C/C=C\CCCCCCC. The molecule has 0 radical (unpaired) electrons. The van der Waals surface area contributed by atoms with E-state index < -0.39 is 6.10 Å². The van der Waals surface area contributed by atoms with Gasteiger partial charge in [-0.15, -0.1) is 0 Å². The van der Waals surface area contributed by atoms with Crippen molar-refractivity contribution in [2.75, 3.05) is 13.2 Å². The maximum absolute atomic E-state index is 12.3. The first-order valence-corrected chi connectivity index (χ1v) is 26.4. The summed E-state index contributed by atoms with van der Waals surface area (Å²) in [4.78, 5) is 24.5. The molecule has 0 aliphatic carbocycles. The Morgan fingerprint density at radius 2 is 0.672 bits per heavy atom. The number of unbranched alkanes of at least 4 members (excludes halogenated alkanes) is 21. The van der Waals surface area contributed by atoms with Crippen molar-refractivity contribution in [1.29, 1.82) is 0 Å². The lowest BCUT2D eigenvalue weighted by molar-refractivity contribution is -0.161. The molecule has 0 aromatic rings. The van der Waals surface area contributed by atoms with Gasteiger partial charge in [0, 0.05) is 12.8 Å². The second-order valence-electron chi connectivity index (χ2n) is 17.2. The van der Waals surface area contributed by atoms with Crippen molar-refractivity contribution < 1.29 is 24.2 Å². The van der Waals surface area contributed by atoms with Crippen LogP contribution in [-0.2, 0) is 19.1 Å². The molecule has 0 aromatic carbocycles. The summed E-state index contributed by atoms with van der Waals surface area (Å²) in [6, 6.07) is 0. The van der Waals surface area contributed by atoms with Gasteiger partial charge in [-0.3, -0.25) is 9.59 Å². The zero-order chi connectivity index (χ0) is 46.3. The molecule has 1 N–H and O–H groups in total. The highest BCUT2D eigenvalue weighted by Gasteiger charge is 2.16. The highest BCUT2D eigenvalue weighted by molar-refractivity contribution is 5.70. The number of aliphatic hydroxyl groups excluding tert-OH is 1. The van der Waals surface area contributed by atoms with Gasteiger partial charge in [-0.1, -0.05) is 226 Å². The van der Waals surface area contributed by atoms with Crippen LogP contribution in [0, 0.1) is 0 Å². The molecule has 1 atom stereocenters. The van der Waals surface area contributed by atoms with Gasteiger partial charge in [-0.05, 0) is 103 Å². The Balaban J connectivity index is 3.58. The van der Waals surface area contributed by atoms with Crippen LogP contribution >= 0.6 is 0 Å². The number of allylic oxidation sites excluding steroid dienone is 18. The average molecular weight is 887 g/mol. The largest absolute Gasteiger partial charge is 0.462 e. The second-order valence-corrected chi connectivity index (χ2v) is 17.2. The van der Waals surface area contributed by atoms with Crippen LogP contribution in [0.15, 0.2) is 109 Å². The van der Waals surface area contributed by atoms with Gasteiger partial charge < -0.3 is 14.6 Å². The zero-order valence-electron chi connectivity index (χ0n) is 41.5. The fourth-order valence-corrected chi connectivity index (χ4v) is 7.09.